The van der Waals surface area contributed by atoms with Crippen LogP contribution in [-0.4, -0.2) is 31.0 Å². The Morgan fingerprint density at radius 2 is 2.00 bits per heavy atom. The molecule has 0 fully saturated rings. The van der Waals surface area contributed by atoms with Crippen LogP contribution in [0.1, 0.15) is 26.7 Å². The number of halogens is 1. The molecular formula is C9H19ClO3. The van der Waals surface area contributed by atoms with Crippen molar-refractivity contribution in [1.82, 2.24) is 0 Å². The van der Waals surface area contributed by atoms with E-state index in [1.165, 1.54) is 0 Å². The highest BCUT2D eigenvalue weighted by Crippen LogP contribution is 2.03. The molecule has 0 aromatic heterocycles. The first kappa shape index (κ1) is 13.2. The summed E-state index contributed by atoms with van der Waals surface area (Å²) in [6.07, 6.45) is 1.57. The van der Waals surface area contributed by atoms with E-state index in [1.807, 2.05) is 0 Å². The zero-order valence-electron chi connectivity index (χ0n) is 8.33. The van der Waals surface area contributed by atoms with Crippen molar-refractivity contribution in [3.8, 4) is 0 Å². The summed E-state index contributed by atoms with van der Waals surface area (Å²) < 4.78 is 9.45. The minimum atomic E-state index is -0.614. The lowest BCUT2D eigenvalue weighted by molar-refractivity contribution is 0.0123. The number of ether oxygens (including phenoxy) is 1. The Balaban J connectivity index is 3.06. The van der Waals surface area contributed by atoms with Crippen molar-refractivity contribution in [1.29, 1.82) is 0 Å². The quantitative estimate of drug-likeness (QED) is 0.623. The van der Waals surface area contributed by atoms with E-state index in [-0.39, 0.29) is 6.61 Å². The summed E-state index contributed by atoms with van der Waals surface area (Å²) in [4.78, 5) is 0. The Morgan fingerprint density at radius 3 is 2.54 bits per heavy atom. The van der Waals surface area contributed by atoms with Crippen molar-refractivity contribution < 1.29 is 14.1 Å². The molecule has 0 aliphatic carbocycles. The van der Waals surface area contributed by atoms with Crippen LogP contribution >= 0.6 is 11.9 Å². The van der Waals surface area contributed by atoms with Gasteiger partial charge in [0.15, 0.2) is 0 Å². The first-order valence-corrected chi connectivity index (χ1v) is 4.97. The first-order valence-electron chi connectivity index (χ1n) is 4.66. The zero-order chi connectivity index (χ0) is 10.1. The van der Waals surface area contributed by atoms with Gasteiger partial charge in [-0.15, -0.1) is 0 Å². The maximum absolute atomic E-state index is 9.12. The second-order valence-electron chi connectivity index (χ2n) is 3.54. The van der Waals surface area contributed by atoms with Crippen LogP contribution in [0.15, 0.2) is 0 Å². The minimum Gasteiger partial charge on any atom is -0.388 e. The molecule has 0 amide bonds. The highest BCUT2D eigenvalue weighted by molar-refractivity contribution is 6.07. The second-order valence-corrected chi connectivity index (χ2v) is 3.76. The Hall–Kier alpha value is 0.170. The lowest BCUT2D eigenvalue weighted by atomic mass is 10.1. The number of rotatable bonds is 8. The van der Waals surface area contributed by atoms with Gasteiger partial charge in [-0.05, 0) is 18.8 Å². The molecule has 0 aromatic carbocycles. The van der Waals surface area contributed by atoms with Crippen LogP contribution in [-0.2, 0) is 9.03 Å². The maximum atomic E-state index is 9.12. The molecule has 0 bridgehead atoms. The molecule has 1 atom stereocenters. The third-order valence-corrected chi connectivity index (χ3v) is 1.76. The van der Waals surface area contributed by atoms with E-state index in [0.717, 1.165) is 12.8 Å². The van der Waals surface area contributed by atoms with Crippen LogP contribution in [0, 0.1) is 5.92 Å². The van der Waals surface area contributed by atoms with E-state index in [1.54, 1.807) is 0 Å². The van der Waals surface area contributed by atoms with Gasteiger partial charge in [-0.25, -0.2) is 0 Å². The molecule has 0 aliphatic heterocycles. The van der Waals surface area contributed by atoms with Gasteiger partial charge in [-0.3, -0.25) is 4.29 Å². The van der Waals surface area contributed by atoms with E-state index < -0.39 is 6.10 Å². The Bertz CT molecular complexity index is 109. The molecule has 0 aliphatic rings. The van der Waals surface area contributed by atoms with E-state index in [0.29, 0.717) is 19.1 Å². The van der Waals surface area contributed by atoms with E-state index in [4.69, 9.17) is 21.7 Å². The molecule has 0 aromatic rings. The Kier molecular flexibility index (Phi) is 8.87. The molecular weight excluding hydrogens is 192 g/mol. The van der Waals surface area contributed by atoms with Gasteiger partial charge in [-0.1, -0.05) is 13.8 Å². The number of hydrogen-bond donors (Lipinski definition) is 1. The third-order valence-electron chi connectivity index (χ3n) is 1.64. The van der Waals surface area contributed by atoms with Crippen molar-refractivity contribution in [2.45, 2.75) is 32.8 Å². The third kappa shape index (κ3) is 10.1. The molecule has 80 valence electrons. The van der Waals surface area contributed by atoms with Gasteiger partial charge < -0.3 is 9.84 Å². The molecule has 0 saturated carbocycles. The van der Waals surface area contributed by atoms with E-state index in [2.05, 4.69) is 18.1 Å². The lowest BCUT2D eigenvalue weighted by Crippen LogP contribution is -2.20. The Morgan fingerprint density at radius 1 is 1.31 bits per heavy atom. The van der Waals surface area contributed by atoms with Gasteiger partial charge in [0.2, 0.25) is 0 Å². The summed E-state index contributed by atoms with van der Waals surface area (Å²) in [5.74, 6) is 0.708. The fourth-order valence-corrected chi connectivity index (χ4v) is 1.08. The number of aliphatic hydroxyl groups excluding tert-OH is 1. The standard InChI is InChI=1S/C9H19ClO3/c1-8(2)4-3-5-12-6-9(11)7-13-10/h8-9,11H,3-7H2,1-2H3. The average molecular weight is 211 g/mol. The number of aliphatic hydroxyl groups is 1. The van der Waals surface area contributed by atoms with Crippen molar-refractivity contribution in [3.63, 3.8) is 0 Å². The van der Waals surface area contributed by atoms with Crippen molar-refractivity contribution in [3.05, 3.63) is 0 Å². The summed E-state index contributed by atoms with van der Waals surface area (Å²) in [7, 11) is 0. The van der Waals surface area contributed by atoms with Gasteiger partial charge >= 0.3 is 0 Å². The van der Waals surface area contributed by atoms with E-state index >= 15 is 0 Å². The summed E-state index contributed by atoms with van der Waals surface area (Å²) in [5.41, 5.74) is 0. The van der Waals surface area contributed by atoms with Crippen molar-refractivity contribution >= 4 is 11.9 Å². The van der Waals surface area contributed by atoms with Gasteiger partial charge in [0.05, 0.1) is 25.1 Å². The average Bonchev–Trinajstić information content (AvgIpc) is 2.03. The summed E-state index contributed by atoms with van der Waals surface area (Å²) in [6.45, 7) is 5.46. The molecule has 13 heavy (non-hydrogen) atoms. The molecule has 0 saturated heterocycles. The molecule has 0 heterocycles. The molecule has 1 N–H and O–H groups in total. The molecule has 0 rings (SSSR count). The van der Waals surface area contributed by atoms with Gasteiger partial charge in [0.1, 0.15) is 6.10 Å². The van der Waals surface area contributed by atoms with E-state index in [9.17, 15) is 0 Å². The summed E-state index contributed by atoms with van der Waals surface area (Å²) in [6, 6.07) is 0. The molecule has 1 unspecified atom stereocenters. The first-order chi connectivity index (χ1) is 6.16. The van der Waals surface area contributed by atoms with Crippen LogP contribution < -0.4 is 0 Å². The number of hydrogen-bond acceptors (Lipinski definition) is 3. The van der Waals surface area contributed by atoms with Crippen LogP contribution in [0.5, 0.6) is 0 Å². The van der Waals surface area contributed by atoms with Crippen molar-refractivity contribution in [2.24, 2.45) is 5.92 Å². The fraction of sp³-hybridized carbons (Fsp3) is 1.00. The summed E-state index contributed by atoms with van der Waals surface area (Å²) in [5, 5.41) is 9.12. The monoisotopic (exact) mass is 210 g/mol. The highest BCUT2D eigenvalue weighted by atomic mass is 35.5. The Labute approximate surface area is 85.2 Å². The normalized spacial score (nSPS) is 13.6. The lowest BCUT2D eigenvalue weighted by Gasteiger charge is -2.09. The molecule has 4 heteroatoms. The predicted octanol–water partition coefficient (Wildman–Crippen LogP) is 1.97. The minimum absolute atomic E-state index is 0.117. The fourth-order valence-electron chi connectivity index (χ4n) is 0.934. The predicted molar refractivity (Wildman–Crippen MR) is 52.7 cm³/mol. The van der Waals surface area contributed by atoms with Crippen LogP contribution in [0.4, 0.5) is 0 Å². The topological polar surface area (TPSA) is 38.7 Å². The highest BCUT2D eigenvalue weighted by Gasteiger charge is 2.03. The van der Waals surface area contributed by atoms with Crippen LogP contribution in [0.2, 0.25) is 0 Å². The van der Waals surface area contributed by atoms with Crippen LogP contribution in [0.3, 0.4) is 0 Å². The maximum Gasteiger partial charge on any atom is 0.102 e. The van der Waals surface area contributed by atoms with Gasteiger partial charge in [0.25, 0.3) is 0 Å². The van der Waals surface area contributed by atoms with Gasteiger partial charge in [0, 0.05) is 6.61 Å². The molecule has 0 spiro atoms. The van der Waals surface area contributed by atoms with Gasteiger partial charge in [-0.2, -0.15) is 0 Å². The smallest absolute Gasteiger partial charge is 0.102 e. The molecule has 0 radical (unpaired) electrons. The molecule has 3 nitrogen and oxygen atoms in total. The zero-order valence-corrected chi connectivity index (χ0v) is 9.09. The SMILES string of the molecule is CC(C)CCCOCC(O)COCl. The summed E-state index contributed by atoms with van der Waals surface area (Å²) >= 11 is 4.96. The largest absolute Gasteiger partial charge is 0.388 e. The second kappa shape index (κ2) is 8.75. The van der Waals surface area contributed by atoms with Crippen LogP contribution in [0.25, 0.3) is 0 Å². The van der Waals surface area contributed by atoms with Crippen molar-refractivity contribution in [2.75, 3.05) is 19.8 Å².